The summed E-state index contributed by atoms with van der Waals surface area (Å²) in [5.74, 6) is 0. The summed E-state index contributed by atoms with van der Waals surface area (Å²) in [5, 5.41) is 0. The maximum absolute atomic E-state index is 8.61. The van der Waals surface area contributed by atoms with Crippen molar-refractivity contribution in [2.45, 2.75) is 0 Å². The molecule has 0 N–H and O–H groups in total. The molecular weight excluding hydrogens is 1970 g/mol. The molecule has 0 aromatic carbocycles. The Kier molecular flexibility index (Phi) is 227. The van der Waals surface area contributed by atoms with Gasteiger partial charge < -0.3 is 0 Å². The smallest absolute Gasteiger partial charge is 2.00 e. The van der Waals surface area contributed by atoms with E-state index >= 15 is 0 Å². The zero-order valence-corrected chi connectivity index (χ0v) is 51.3. The molecule has 0 aromatic rings. The van der Waals surface area contributed by atoms with Crippen LogP contribution in [0, 0.1) is 0 Å². The molecular formula is Nb4Ni3O24Pb3TiZr4+4. The van der Waals surface area contributed by atoms with Crippen LogP contribution in [0.1, 0.15) is 0 Å². The van der Waals surface area contributed by atoms with Gasteiger partial charge in [-0.05, 0) is 0 Å². The molecule has 0 aliphatic rings. The first-order chi connectivity index (χ1) is 13.9. The van der Waals surface area contributed by atoms with Gasteiger partial charge in [-0.15, -0.1) is 0 Å². The van der Waals surface area contributed by atoms with Gasteiger partial charge in [0.15, 0.2) is 0 Å². The van der Waals surface area contributed by atoms with Crippen molar-refractivity contribution in [3.63, 3.8) is 0 Å². The molecule has 0 rings (SSSR count). The average molecular weight is 1970 g/mol. The van der Waals surface area contributed by atoms with Crippen molar-refractivity contribution in [1.29, 1.82) is 0 Å². The monoisotopic (exact) mass is 1960 g/mol. The van der Waals surface area contributed by atoms with Crippen LogP contribution in [0.25, 0.3) is 0 Å². The Morgan fingerprint density at radius 3 is 0.333 bits per heavy atom. The van der Waals surface area contributed by atoms with E-state index < -0.39 is 166 Å². The van der Waals surface area contributed by atoms with Gasteiger partial charge in [0.2, 0.25) is 0 Å². The first-order valence-electron chi connectivity index (χ1n) is 4.64. The molecule has 0 saturated heterocycles. The Hall–Kier alpha value is 8.57. The van der Waals surface area contributed by atoms with Gasteiger partial charge in [0.1, 0.15) is 0 Å². The van der Waals surface area contributed by atoms with E-state index in [1.54, 1.807) is 0 Å². The quantitative estimate of drug-likeness (QED) is 0.203. The van der Waals surface area contributed by atoms with Crippen LogP contribution in [0.5, 0.6) is 0 Å². The van der Waals surface area contributed by atoms with Gasteiger partial charge in [0, 0.05) is 0 Å². The van der Waals surface area contributed by atoms with Gasteiger partial charge in [0.25, 0.3) is 0 Å². The van der Waals surface area contributed by atoms with Gasteiger partial charge in [-0.2, -0.15) is 0 Å². The fourth-order valence-electron chi connectivity index (χ4n) is 0. The first-order valence-corrected chi connectivity index (χ1v) is 27.5. The number of rotatable bonds is 0. The standard InChI is InChI=1S/4Nb.3Ni.24O.3Pb.Ti.4Zr/q;;;;3*+2;;;;;;;;;;;;;12*-1;3*+2;+4;;;;. The summed E-state index contributed by atoms with van der Waals surface area (Å²) in [5.41, 5.74) is 0. The van der Waals surface area contributed by atoms with Crippen LogP contribution in [0.15, 0.2) is 0 Å². The molecule has 0 amide bonds. The Labute approximate surface area is 386 Å². The van der Waals surface area contributed by atoms with E-state index in [4.69, 9.17) is 77.2 Å². The van der Waals surface area contributed by atoms with E-state index in [-0.39, 0.29) is 153 Å². The predicted molar refractivity (Wildman–Crippen MR) is 25.5 cm³/mol. The Bertz CT molecular complexity index is 607. The Morgan fingerprint density at radius 1 is 0.333 bits per heavy atom. The summed E-state index contributed by atoms with van der Waals surface area (Å²) >= 11 is -34.0. The van der Waals surface area contributed by atoms with E-state index in [9.17, 15) is 0 Å². The zero-order chi connectivity index (χ0) is 28.6. The molecule has 6 radical (unpaired) electrons. The molecule has 0 spiro atoms. The van der Waals surface area contributed by atoms with Gasteiger partial charge in [-0.25, -0.2) is 0 Å². The van der Waals surface area contributed by atoms with Crippen LogP contribution in [-0.2, 0) is 274 Å². The van der Waals surface area contributed by atoms with Crippen molar-refractivity contribution in [3.8, 4) is 0 Å². The molecule has 0 atom stereocenters. The molecule has 39 heavy (non-hydrogen) atoms. The van der Waals surface area contributed by atoms with Gasteiger partial charge in [-0.3, -0.25) is 0 Å². The van der Waals surface area contributed by atoms with Gasteiger partial charge >= 0.3 is 396 Å². The summed E-state index contributed by atoms with van der Waals surface area (Å²) < 4.78 is 207. The fraction of sp³-hybridized carbons (Fsp3) is 0. The van der Waals surface area contributed by atoms with E-state index in [0.717, 1.165) is 0 Å². The predicted octanol–water partition coefficient (Wildman–Crippen LogP) is -16.9. The molecule has 0 aromatic heterocycles. The maximum atomic E-state index is 8.61. The minimum absolute atomic E-state index is 0. The molecule has 39 heteroatoms. The molecule has 0 aliphatic heterocycles. The second-order valence-electron chi connectivity index (χ2n) is 1.89. The van der Waals surface area contributed by atoms with Crippen molar-refractivity contribution < 1.29 is 314 Å². The summed E-state index contributed by atoms with van der Waals surface area (Å²) in [6.45, 7) is 0. The normalized spacial score (nSPS) is 5.23. The molecule has 0 aliphatic carbocycles. The van der Waals surface area contributed by atoms with Crippen molar-refractivity contribution in [3.05, 3.63) is 0 Å². The largest absolute Gasteiger partial charge is 4.00 e. The summed E-state index contributed by atoms with van der Waals surface area (Å²) in [4.78, 5) is 0. The molecule has 0 bridgehead atoms. The molecule has 0 fully saturated rings. The van der Waals surface area contributed by atoms with Crippen LogP contribution in [0.2, 0.25) is 0 Å². The van der Waals surface area contributed by atoms with E-state index in [0.29, 0.717) is 0 Å². The van der Waals surface area contributed by atoms with E-state index in [1.807, 2.05) is 0 Å². The molecule has 0 saturated carbocycles. The SMILES string of the molecule is [Ni+2].[Ni+2].[Ni+2].[O]=[Nb](=[O])[O-].[O]=[Nb](=[O])[O-].[O]=[Nb](=[O])[O-].[O]=[Nb](=[O])[O-].[O]=[Zr]([O-])[O-].[O]=[Zr]([O-])[O-].[O]=[Zr]([O-])[O-].[O]=[Zr]([O-])[O-].[Pb+2].[Pb+2].[Pb+2].[Ti+4]. The van der Waals surface area contributed by atoms with Crippen molar-refractivity contribution in [2.24, 2.45) is 0 Å². The van der Waals surface area contributed by atoms with E-state index in [1.165, 1.54) is 0 Å². The van der Waals surface area contributed by atoms with Crippen molar-refractivity contribution in [2.75, 3.05) is 0 Å². The molecule has 0 unspecified atom stereocenters. The Balaban J connectivity index is -0.0000000127. The number of hydrogen-bond donors (Lipinski definition) is 0. The second-order valence-corrected chi connectivity index (χ2v) is 11.2. The summed E-state index contributed by atoms with van der Waals surface area (Å²) in [7, 11) is 0. The van der Waals surface area contributed by atoms with E-state index in [2.05, 4.69) is 0 Å². The van der Waals surface area contributed by atoms with Gasteiger partial charge in [0.05, 0.1) is 0 Å². The number of hydrogen-bond acceptors (Lipinski definition) is 24. The van der Waals surface area contributed by atoms with Gasteiger partial charge in [-0.1, -0.05) is 0 Å². The van der Waals surface area contributed by atoms with Crippen molar-refractivity contribution in [1.82, 2.24) is 0 Å². The van der Waals surface area contributed by atoms with Crippen molar-refractivity contribution >= 4 is 81.9 Å². The fourth-order valence-corrected chi connectivity index (χ4v) is 0. The van der Waals surface area contributed by atoms with Crippen LogP contribution >= 0.6 is 0 Å². The third kappa shape index (κ3) is 1260. The third-order valence-corrected chi connectivity index (χ3v) is 0. The van der Waals surface area contributed by atoms with Crippen LogP contribution in [0.3, 0.4) is 0 Å². The zero-order valence-electron chi connectivity index (χ0n) is 16.5. The van der Waals surface area contributed by atoms with Crippen LogP contribution < -0.4 is 39.9 Å². The molecule has 0 heterocycles. The third-order valence-electron chi connectivity index (χ3n) is 0. The summed E-state index contributed by atoms with van der Waals surface area (Å²) in [6, 6.07) is 0. The minimum Gasteiger partial charge on any atom is 2.00 e. The average Bonchev–Trinajstić information content (AvgIpc) is 2.30. The topological polar surface area (TPSA) is 482 Å². The summed E-state index contributed by atoms with van der Waals surface area (Å²) in [6.07, 6.45) is 0. The first kappa shape index (κ1) is 97.3. The van der Waals surface area contributed by atoms with Crippen LogP contribution in [0.4, 0.5) is 0 Å². The van der Waals surface area contributed by atoms with Crippen LogP contribution in [-0.4, -0.2) is 81.9 Å². The Morgan fingerprint density at radius 2 is 0.333 bits per heavy atom. The minimum atomic E-state index is -4.29. The maximum Gasteiger partial charge on any atom is 4.00 e. The second kappa shape index (κ2) is 91.2. The molecule has 24 nitrogen and oxygen atoms in total. The molecule has 222 valence electrons.